The van der Waals surface area contributed by atoms with Crippen LogP contribution in [0.1, 0.15) is 44.4 Å². The Balaban J connectivity index is 0.000000163. The fourth-order valence-corrected chi connectivity index (χ4v) is 4.36. The molecular weight excluding hydrogens is 744 g/mol. The van der Waals surface area contributed by atoms with Crippen LogP contribution in [0.5, 0.6) is 0 Å². The van der Waals surface area contributed by atoms with Crippen molar-refractivity contribution in [3.05, 3.63) is 124 Å². The summed E-state index contributed by atoms with van der Waals surface area (Å²) in [5, 5.41) is 14.8. The van der Waals surface area contributed by atoms with Crippen molar-refractivity contribution in [2.24, 2.45) is 0 Å². The highest BCUT2D eigenvalue weighted by atomic mass is 79.9. The zero-order valence-electron chi connectivity index (χ0n) is 27.8. The van der Waals surface area contributed by atoms with Gasteiger partial charge in [-0.1, -0.05) is 18.2 Å². The third-order valence-corrected chi connectivity index (χ3v) is 8.12. The maximum Gasteiger partial charge on any atom is 0.498 e. The summed E-state index contributed by atoms with van der Waals surface area (Å²) < 4.78 is 29.4. The maximum absolute atomic E-state index is 12.0. The van der Waals surface area contributed by atoms with E-state index in [1.807, 2.05) is 97.5 Å². The minimum atomic E-state index is -0.421. The molecule has 11 nitrogen and oxygen atoms in total. The number of aryl methyl sites for hydroxylation is 3. The molecule has 6 aromatic heterocycles. The van der Waals surface area contributed by atoms with E-state index in [4.69, 9.17) is 9.31 Å². The van der Waals surface area contributed by atoms with Gasteiger partial charge in [0.05, 0.1) is 32.5 Å². The lowest BCUT2D eigenvalue weighted by Gasteiger charge is -2.32. The number of hydrogen-bond acceptors (Lipinski definition) is 8. The minimum Gasteiger partial charge on any atom is -0.399 e. The fourth-order valence-electron chi connectivity index (χ4n) is 3.86. The van der Waals surface area contributed by atoms with E-state index in [9.17, 15) is 4.39 Å². The molecule has 0 aromatic carbocycles. The summed E-state index contributed by atoms with van der Waals surface area (Å²) in [4.78, 5) is 12.0. The number of rotatable bonds is 3. The first-order valence-corrected chi connectivity index (χ1v) is 16.5. The molecule has 1 aliphatic heterocycles. The Morgan fingerprint density at radius 3 is 1.56 bits per heavy atom. The maximum atomic E-state index is 12.0. The summed E-state index contributed by atoms with van der Waals surface area (Å²) in [5.41, 5.74) is 3.46. The first-order valence-electron chi connectivity index (χ1n) is 14.9. The summed E-state index contributed by atoms with van der Waals surface area (Å²) in [6.45, 7) is 14.0. The molecular formula is C33H37BBr2FN9O2. The molecule has 15 heteroatoms. The standard InChI is InChI=1S/C15H20BN3O2.C9H8BrN3.C6H6FN.C3H3BrN2/c1-11-6-7-13(17-8-11)19-10-12(9-18-19)16-20-14(2,3)15(4,5)21-16;1-7-2-3-9(11-4-7)13-6-8(10)5-12-13;1-5-2-3-6(7)8-4-5;4-3-1-5-6-2-3/h6-10H,1-5H3;2-6H,1H3;2-4H,1H3;1-2H,(H,5,6). The van der Waals surface area contributed by atoms with Gasteiger partial charge in [0.2, 0.25) is 5.95 Å². The lowest BCUT2D eigenvalue weighted by Crippen LogP contribution is -2.41. The smallest absolute Gasteiger partial charge is 0.399 e. The Hall–Kier alpha value is -4.05. The van der Waals surface area contributed by atoms with E-state index < -0.39 is 13.1 Å². The molecule has 0 amide bonds. The van der Waals surface area contributed by atoms with Crippen LogP contribution in [0, 0.1) is 26.7 Å². The van der Waals surface area contributed by atoms with Crippen LogP contribution in [-0.4, -0.2) is 63.0 Å². The first kappa shape index (κ1) is 36.8. The minimum absolute atomic E-state index is 0.345. The average Bonchev–Trinajstić information content (AvgIpc) is 3.85. The largest absolute Gasteiger partial charge is 0.498 e. The second kappa shape index (κ2) is 16.4. The van der Waals surface area contributed by atoms with Crippen LogP contribution in [0.3, 0.4) is 0 Å². The Kier molecular flexibility index (Phi) is 12.5. The number of hydrogen-bond donors (Lipinski definition) is 1. The molecule has 0 spiro atoms. The number of halogens is 3. The van der Waals surface area contributed by atoms with E-state index >= 15 is 0 Å². The summed E-state index contributed by atoms with van der Waals surface area (Å²) in [5.74, 6) is 1.19. The molecule has 0 atom stereocenters. The van der Waals surface area contributed by atoms with Crippen molar-refractivity contribution < 1.29 is 13.7 Å². The van der Waals surface area contributed by atoms with Gasteiger partial charge >= 0.3 is 7.12 Å². The van der Waals surface area contributed by atoms with Crippen LogP contribution >= 0.6 is 31.9 Å². The van der Waals surface area contributed by atoms with Crippen molar-refractivity contribution in [1.82, 2.24) is 44.7 Å². The van der Waals surface area contributed by atoms with Gasteiger partial charge in [-0.3, -0.25) is 5.10 Å². The van der Waals surface area contributed by atoms with Gasteiger partial charge in [0, 0.05) is 48.8 Å². The van der Waals surface area contributed by atoms with Gasteiger partial charge < -0.3 is 9.31 Å². The molecule has 1 aliphatic rings. The lowest BCUT2D eigenvalue weighted by molar-refractivity contribution is 0.00578. The quantitative estimate of drug-likeness (QED) is 0.152. The van der Waals surface area contributed by atoms with Gasteiger partial charge in [0.25, 0.3) is 0 Å². The van der Waals surface area contributed by atoms with Crippen molar-refractivity contribution in [3.8, 4) is 11.6 Å². The number of nitrogens with zero attached hydrogens (tertiary/aromatic N) is 8. The molecule has 1 fully saturated rings. The van der Waals surface area contributed by atoms with E-state index in [0.29, 0.717) is 0 Å². The summed E-state index contributed by atoms with van der Waals surface area (Å²) in [7, 11) is -0.394. The predicted molar refractivity (Wildman–Crippen MR) is 191 cm³/mol. The third-order valence-electron chi connectivity index (χ3n) is 7.28. The Bertz CT molecular complexity index is 1810. The van der Waals surface area contributed by atoms with Crippen LogP contribution in [0.15, 0.2) is 101 Å². The van der Waals surface area contributed by atoms with E-state index in [1.165, 1.54) is 12.3 Å². The van der Waals surface area contributed by atoms with Crippen molar-refractivity contribution in [2.45, 2.75) is 59.7 Å². The van der Waals surface area contributed by atoms with E-state index in [-0.39, 0.29) is 11.2 Å². The van der Waals surface area contributed by atoms with Gasteiger partial charge in [-0.2, -0.15) is 19.7 Å². The molecule has 0 radical (unpaired) electrons. The first-order chi connectivity index (χ1) is 22.7. The molecule has 6 aromatic rings. The highest BCUT2D eigenvalue weighted by Crippen LogP contribution is 2.36. The fraction of sp³-hybridized carbons (Fsp3) is 0.273. The highest BCUT2D eigenvalue weighted by molar-refractivity contribution is 9.10. The number of aromatic nitrogens is 9. The molecule has 7 heterocycles. The van der Waals surface area contributed by atoms with Gasteiger partial charge in [-0.25, -0.2) is 24.3 Å². The van der Waals surface area contributed by atoms with Gasteiger partial charge in [0.15, 0.2) is 11.6 Å². The molecule has 7 rings (SSSR count). The molecule has 48 heavy (non-hydrogen) atoms. The zero-order chi connectivity index (χ0) is 34.9. The molecule has 250 valence electrons. The van der Waals surface area contributed by atoms with Crippen LogP contribution in [-0.2, 0) is 9.31 Å². The number of nitrogens with one attached hydrogen (secondary N) is 1. The second-order valence-electron chi connectivity index (χ2n) is 11.9. The summed E-state index contributed by atoms with van der Waals surface area (Å²) in [6.07, 6.45) is 15.9. The molecule has 0 unspecified atom stereocenters. The second-order valence-corrected chi connectivity index (χ2v) is 13.7. The van der Waals surface area contributed by atoms with Gasteiger partial charge in [-0.15, -0.1) is 0 Å². The molecule has 1 saturated heterocycles. The van der Waals surface area contributed by atoms with Crippen LogP contribution < -0.4 is 5.46 Å². The van der Waals surface area contributed by atoms with E-state index in [0.717, 1.165) is 42.7 Å². The topological polar surface area (TPSA) is 121 Å². The van der Waals surface area contributed by atoms with Crippen LogP contribution in [0.4, 0.5) is 4.39 Å². The average molecular weight is 781 g/mol. The van der Waals surface area contributed by atoms with E-state index in [2.05, 4.69) is 67.2 Å². The Morgan fingerprint density at radius 1 is 0.667 bits per heavy atom. The number of H-pyrrole nitrogens is 1. The Labute approximate surface area is 296 Å². The normalized spacial score (nSPS) is 14.2. The molecule has 1 N–H and O–H groups in total. The van der Waals surface area contributed by atoms with Crippen molar-refractivity contribution in [1.29, 1.82) is 0 Å². The molecule has 0 aliphatic carbocycles. The van der Waals surface area contributed by atoms with Gasteiger partial charge in [-0.05, 0) is 115 Å². The van der Waals surface area contributed by atoms with Crippen molar-refractivity contribution in [2.75, 3.05) is 0 Å². The Morgan fingerprint density at radius 2 is 1.19 bits per heavy atom. The number of aromatic amines is 1. The predicted octanol–water partition coefficient (Wildman–Crippen LogP) is 6.91. The monoisotopic (exact) mass is 779 g/mol. The molecule has 0 saturated carbocycles. The van der Waals surface area contributed by atoms with E-state index in [1.54, 1.807) is 40.2 Å². The van der Waals surface area contributed by atoms with Crippen LogP contribution in [0.25, 0.3) is 11.6 Å². The zero-order valence-corrected chi connectivity index (χ0v) is 30.9. The molecule has 0 bridgehead atoms. The SMILES string of the molecule is Brc1cn[nH]c1.Cc1ccc(-n2cc(B3OC(C)(C)C(C)(C)O3)cn2)nc1.Cc1ccc(-n2cc(Br)cn2)nc1.Cc1ccc(F)nc1. The number of pyridine rings is 3. The lowest BCUT2D eigenvalue weighted by atomic mass is 9.82. The van der Waals surface area contributed by atoms with Crippen molar-refractivity contribution in [3.63, 3.8) is 0 Å². The highest BCUT2D eigenvalue weighted by Gasteiger charge is 2.52. The van der Waals surface area contributed by atoms with Gasteiger partial charge in [0.1, 0.15) is 0 Å². The summed E-state index contributed by atoms with van der Waals surface area (Å²) in [6, 6.07) is 10.9. The van der Waals surface area contributed by atoms with Crippen LogP contribution in [0.2, 0.25) is 0 Å². The third kappa shape index (κ3) is 10.5. The van der Waals surface area contributed by atoms with Crippen molar-refractivity contribution >= 4 is 44.4 Å². The summed E-state index contributed by atoms with van der Waals surface area (Å²) >= 11 is 6.52.